The van der Waals surface area contributed by atoms with Gasteiger partial charge in [-0.15, -0.1) is 0 Å². The van der Waals surface area contributed by atoms with E-state index < -0.39 is 11.8 Å². The molecule has 3 aromatic rings. The van der Waals surface area contributed by atoms with Crippen LogP contribution in [0.2, 0.25) is 0 Å². The predicted octanol–water partition coefficient (Wildman–Crippen LogP) is 3.25. The van der Waals surface area contributed by atoms with Crippen LogP contribution in [0.3, 0.4) is 0 Å². The summed E-state index contributed by atoms with van der Waals surface area (Å²) < 4.78 is 30.3. The van der Waals surface area contributed by atoms with Gasteiger partial charge in [-0.3, -0.25) is 0 Å². The van der Waals surface area contributed by atoms with Gasteiger partial charge < -0.3 is 19.1 Å². The molecule has 2 heterocycles. The van der Waals surface area contributed by atoms with Gasteiger partial charge in [-0.2, -0.15) is 0 Å². The van der Waals surface area contributed by atoms with E-state index in [2.05, 4.69) is 4.98 Å². The number of methoxy groups -OCH3 is 1. The molecule has 1 saturated heterocycles. The number of anilines is 1. The van der Waals surface area contributed by atoms with E-state index in [4.69, 9.17) is 14.2 Å². The maximum atomic E-state index is 13.5. The highest BCUT2D eigenvalue weighted by Crippen LogP contribution is 2.35. The first-order chi connectivity index (χ1) is 13.1. The van der Waals surface area contributed by atoms with Crippen molar-refractivity contribution in [2.24, 2.45) is 0 Å². The molecule has 0 aliphatic carbocycles. The number of esters is 1. The van der Waals surface area contributed by atoms with E-state index >= 15 is 0 Å². The highest BCUT2D eigenvalue weighted by atomic mass is 32.1. The molecule has 0 spiro atoms. The molecule has 2 aromatic carbocycles. The lowest BCUT2D eigenvalue weighted by molar-refractivity contribution is -0.152. The van der Waals surface area contributed by atoms with Gasteiger partial charge in [0.2, 0.25) is 0 Å². The topological polar surface area (TPSA) is 60.9 Å². The number of hydrogen-bond donors (Lipinski definition) is 0. The van der Waals surface area contributed by atoms with Crippen LogP contribution in [0.5, 0.6) is 11.5 Å². The Bertz CT molecular complexity index is 971. The molecular formula is C19H17FN2O4S. The van der Waals surface area contributed by atoms with Gasteiger partial charge in [0, 0.05) is 0 Å². The zero-order valence-electron chi connectivity index (χ0n) is 14.6. The van der Waals surface area contributed by atoms with Gasteiger partial charge in [-0.05, 0) is 24.3 Å². The number of fused-ring (bicyclic) bond motifs is 1. The largest absolute Gasteiger partial charge is 0.494 e. The SMILES string of the molecule is COc1cccc2sc(N3CC(OC(=O)COc4ccccc4F)C3)nc12. The number of halogens is 1. The van der Waals surface area contributed by atoms with Crippen LogP contribution in [0.25, 0.3) is 10.2 Å². The average molecular weight is 388 g/mol. The molecule has 8 heteroatoms. The van der Waals surface area contributed by atoms with Crippen LogP contribution < -0.4 is 14.4 Å². The van der Waals surface area contributed by atoms with Crippen LogP contribution in [-0.2, 0) is 9.53 Å². The molecule has 4 rings (SSSR count). The van der Waals surface area contributed by atoms with Crippen molar-refractivity contribution in [1.29, 1.82) is 0 Å². The molecule has 1 aromatic heterocycles. The van der Waals surface area contributed by atoms with E-state index in [-0.39, 0.29) is 18.5 Å². The van der Waals surface area contributed by atoms with Gasteiger partial charge in [-0.1, -0.05) is 29.5 Å². The minimum absolute atomic E-state index is 0.0353. The molecule has 0 atom stereocenters. The van der Waals surface area contributed by atoms with Crippen LogP contribution in [0.1, 0.15) is 0 Å². The summed E-state index contributed by atoms with van der Waals surface area (Å²) in [4.78, 5) is 18.5. The minimum atomic E-state index is -0.520. The Labute approximate surface area is 159 Å². The van der Waals surface area contributed by atoms with Gasteiger partial charge in [-0.25, -0.2) is 14.2 Å². The second-order valence-electron chi connectivity index (χ2n) is 6.04. The number of carbonyl (C=O) groups excluding carboxylic acids is 1. The maximum absolute atomic E-state index is 13.5. The fourth-order valence-corrected chi connectivity index (χ4v) is 3.80. The normalized spacial score (nSPS) is 14.1. The lowest BCUT2D eigenvalue weighted by Crippen LogP contribution is -2.53. The summed E-state index contributed by atoms with van der Waals surface area (Å²) in [7, 11) is 1.62. The van der Waals surface area contributed by atoms with E-state index in [0.717, 1.165) is 21.1 Å². The molecular weight excluding hydrogens is 371 g/mol. The number of thiazole rings is 1. The van der Waals surface area contributed by atoms with Crippen LogP contribution in [0.15, 0.2) is 42.5 Å². The summed E-state index contributed by atoms with van der Waals surface area (Å²) in [6.45, 7) is 0.803. The van der Waals surface area contributed by atoms with Crippen molar-refractivity contribution in [3.63, 3.8) is 0 Å². The van der Waals surface area contributed by atoms with Gasteiger partial charge >= 0.3 is 5.97 Å². The Hall–Kier alpha value is -2.87. The Morgan fingerprint density at radius 2 is 2.00 bits per heavy atom. The van der Waals surface area contributed by atoms with Gasteiger partial charge in [0.15, 0.2) is 23.3 Å². The minimum Gasteiger partial charge on any atom is -0.494 e. The number of ether oxygens (including phenoxy) is 3. The van der Waals surface area contributed by atoms with Crippen molar-refractivity contribution in [3.05, 3.63) is 48.3 Å². The highest BCUT2D eigenvalue weighted by Gasteiger charge is 2.32. The molecule has 0 radical (unpaired) electrons. The van der Waals surface area contributed by atoms with Gasteiger partial charge in [0.25, 0.3) is 0 Å². The fraction of sp³-hybridized carbons (Fsp3) is 0.263. The Kier molecular flexibility index (Phi) is 4.81. The van der Waals surface area contributed by atoms with Crippen molar-refractivity contribution in [3.8, 4) is 11.5 Å². The zero-order chi connectivity index (χ0) is 18.8. The van der Waals surface area contributed by atoms with E-state index in [9.17, 15) is 9.18 Å². The molecule has 140 valence electrons. The zero-order valence-corrected chi connectivity index (χ0v) is 15.4. The van der Waals surface area contributed by atoms with Crippen molar-refractivity contribution >= 4 is 32.7 Å². The lowest BCUT2D eigenvalue weighted by atomic mass is 10.2. The summed E-state index contributed by atoms with van der Waals surface area (Å²) in [5, 5.41) is 0.865. The molecule has 0 bridgehead atoms. The number of aromatic nitrogens is 1. The molecule has 0 saturated carbocycles. The van der Waals surface area contributed by atoms with E-state index in [1.165, 1.54) is 12.1 Å². The maximum Gasteiger partial charge on any atom is 0.344 e. The monoisotopic (exact) mass is 388 g/mol. The van der Waals surface area contributed by atoms with Crippen molar-refractivity contribution in [1.82, 2.24) is 4.98 Å². The standard InChI is InChI=1S/C19H17FN2O4S/c1-24-15-7-4-8-16-18(15)21-19(27-16)22-9-12(10-22)26-17(23)11-25-14-6-3-2-5-13(14)20/h2-8,12H,9-11H2,1H3. The fourth-order valence-electron chi connectivity index (χ4n) is 2.80. The van der Waals surface area contributed by atoms with Crippen LogP contribution >= 0.6 is 11.3 Å². The predicted molar refractivity (Wildman–Crippen MR) is 100 cm³/mol. The summed E-state index contributed by atoms with van der Waals surface area (Å²) in [5.41, 5.74) is 0.832. The number of carbonyl (C=O) groups is 1. The second-order valence-corrected chi connectivity index (χ2v) is 7.05. The molecule has 27 heavy (non-hydrogen) atoms. The van der Waals surface area contributed by atoms with Crippen molar-refractivity contribution < 1.29 is 23.4 Å². The molecule has 1 aliphatic heterocycles. The molecule has 0 amide bonds. The molecule has 0 unspecified atom stereocenters. The summed E-state index contributed by atoms with van der Waals surface area (Å²) in [6, 6.07) is 11.7. The first-order valence-corrected chi connectivity index (χ1v) is 9.21. The Morgan fingerprint density at radius 1 is 1.22 bits per heavy atom. The molecule has 0 N–H and O–H groups in total. The number of para-hydroxylation sites is 2. The number of rotatable bonds is 6. The average Bonchev–Trinajstić information content (AvgIpc) is 3.07. The van der Waals surface area contributed by atoms with Gasteiger partial charge in [0.1, 0.15) is 17.4 Å². The lowest BCUT2D eigenvalue weighted by Gasteiger charge is -2.38. The Morgan fingerprint density at radius 3 is 2.78 bits per heavy atom. The van der Waals surface area contributed by atoms with Crippen LogP contribution in [-0.4, -0.2) is 43.9 Å². The molecule has 1 aliphatic rings. The number of hydrogen-bond acceptors (Lipinski definition) is 7. The summed E-state index contributed by atoms with van der Waals surface area (Å²) in [6.07, 6.45) is -0.226. The van der Waals surface area contributed by atoms with Crippen molar-refractivity contribution in [2.45, 2.75) is 6.10 Å². The van der Waals surface area contributed by atoms with Gasteiger partial charge in [0.05, 0.1) is 24.9 Å². The molecule has 1 fully saturated rings. The highest BCUT2D eigenvalue weighted by molar-refractivity contribution is 7.22. The summed E-state index contributed by atoms with van der Waals surface area (Å²) >= 11 is 1.57. The van der Waals surface area contributed by atoms with E-state index in [1.807, 2.05) is 23.1 Å². The van der Waals surface area contributed by atoms with E-state index in [0.29, 0.717) is 13.1 Å². The van der Waals surface area contributed by atoms with Crippen LogP contribution in [0, 0.1) is 5.82 Å². The third-order valence-electron chi connectivity index (χ3n) is 4.19. The summed E-state index contributed by atoms with van der Waals surface area (Å²) in [5.74, 6) is -0.253. The third-order valence-corrected chi connectivity index (χ3v) is 5.27. The van der Waals surface area contributed by atoms with Crippen molar-refractivity contribution in [2.75, 3.05) is 31.7 Å². The quantitative estimate of drug-likeness (QED) is 0.604. The smallest absolute Gasteiger partial charge is 0.344 e. The third kappa shape index (κ3) is 3.66. The van der Waals surface area contributed by atoms with E-state index in [1.54, 1.807) is 30.6 Å². The number of nitrogens with zero attached hydrogens (tertiary/aromatic N) is 2. The first-order valence-electron chi connectivity index (χ1n) is 8.39. The first kappa shape index (κ1) is 17.5. The second kappa shape index (κ2) is 7.40. The Balaban J connectivity index is 1.29. The molecule has 6 nitrogen and oxygen atoms in total. The number of benzene rings is 2. The van der Waals surface area contributed by atoms with Crippen LogP contribution in [0.4, 0.5) is 9.52 Å².